The van der Waals surface area contributed by atoms with Gasteiger partial charge in [-0.25, -0.2) is 0 Å². The summed E-state index contributed by atoms with van der Waals surface area (Å²) in [6.45, 7) is 10.6. The third kappa shape index (κ3) is 3.04. The fourth-order valence-electron chi connectivity index (χ4n) is 2.59. The topological polar surface area (TPSA) is 75.6 Å². The lowest BCUT2D eigenvalue weighted by Crippen LogP contribution is -2.53. The molecule has 1 fully saturated rings. The van der Waals surface area contributed by atoms with Crippen LogP contribution in [0.1, 0.15) is 31.1 Å². The Morgan fingerprint density at radius 3 is 2.25 bits per heavy atom. The van der Waals surface area contributed by atoms with Crippen LogP contribution in [0.5, 0.6) is 0 Å². The number of nitrogens with two attached hydrogens (primary N) is 2. The predicted octanol–water partition coefficient (Wildman–Crippen LogP) is 1.29. The van der Waals surface area contributed by atoms with Crippen LogP contribution >= 0.6 is 0 Å². The molecule has 1 aromatic rings. The fourth-order valence-corrected chi connectivity index (χ4v) is 2.59. The molecule has 2 rings (SSSR count). The zero-order valence-electron chi connectivity index (χ0n) is 12.5. The normalized spacial score (nSPS) is 17.2. The molecule has 0 radical (unpaired) electrons. The summed E-state index contributed by atoms with van der Waals surface area (Å²) >= 11 is 0. The fraction of sp³-hybridized carbons (Fsp3) is 0.533. The third-order valence-corrected chi connectivity index (χ3v) is 3.90. The molecule has 20 heavy (non-hydrogen) atoms. The molecule has 4 N–H and O–H groups in total. The standard InChI is InChI=1S/C15H24N4O/c1-15(2,3)19-8-6-18(7-9-19)11-4-5-13(16)12(10-11)14(17)20/h4-5,10H,6-9,16H2,1-3H3,(H2,17,20). The Morgan fingerprint density at radius 2 is 1.75 bits per heavy atom. The van der Waals surface area contributed by atoms with Crippen LogP contribution in [0.15, 0.2) is 18.2 Å². The number of carbonyl (C=O) groups is 1. The van der Waals surface area contributed by atoms with Crippen molar-refractivity contribution in [3.8, 4) is 0 Å². The largest absolute Gasteiger partial charge is 0.398 e. The van der Waals surface area contributed by atoms with Crippen LogP contribution in [-0.4, -0.2) is 42.5 Å². The zero-order chi connectivity index (χ0) is 14.9. The van der Waals surface area contributed by atoms with Gasteiger partial charge in [0.15, 0.2) is 0 Å². The lowest BCUT2D eigenvalue weighted by Gasteiger charge is -2.43. The van der Waals surface area contributed by atoms with Crippen molar-refractivity contribution in [1.82, 2.24) is 4.90 Å². The Balaban J connectivity index is 2.11. The van der Waals surface area contributed by atoms with Crippen molar-refractivity contribution >= 4 is 17.3 Å². The monoisotopic (exact) mass is 276 g/mol. The molecule has 1 amide bonds. The van der Waals surface area contributed by atoms with E-state index in [4.69, 9.17) is 11.5 Å². The highest BCUT2D eigenvalue weighted by molar-refractivity contribution is 5.99. The predicted molar refractivity (Wildman–Crippen MR) is 82.9 cm³/mol. The summed E-state index contributed by atoms with van der Waals surface area (Å²) in [7, 11) is 0. The molecule has 1 aliphatic heterocycles. The van der Waals surface area contributed by atoms with Crippen LogP contribution in [0.3, 0.4) is 0 Å². The van der Waals surface area contributed by atoms with Crippen LogP contribution < -0.4 is 16.4 Å². The number of rotatable bonds is 2. The van der Waals surface area contributed by atoms with Crippen molar-refractivity contribution in [2.45, 2.75) is 26.3 Å². The van der Waals surface area contributed by atoms with Gasteiger partial charge in [0.25, 0.3) is 5.91 Å². The Hall–Kier alpha value is -1.75. The van der Waals surface area contributed by atoms with Crippen LogP contribution in [0.2, 0.25) is 0 Å². The maximum atomic E-state index is 11.4. The summed E-state index contributed by atoms with van der Waals surface area (Å²) in [4.78, 5) is 16.1. The van der Waals surface area contributed by atoms with Gasteiger partial charge in [-0.2, -0.15) is 0 Å². The van der Waals surface area contributed by atoms with Crippen molar-refractivity contribution in [1.29, 1.82) is 0 Å². The van der Waals surface area contributed by atoms with E-state index in [0.717, 1.165) is 31.9 Å². The van der Waals surface area contributed by atoms with Gasteiger partial charge in [-0.15, -0.1) is 0 Å². The second-order valence-electron chi connectivity index (χ2n) is 6.28. The number of hydrogen-bond donors (Lipinski definition) is 2. The Labute approximate surface area is 120 Å². The van der Waals surface area contributed by atoms with Crippen molar-refractivity contribution in [2.75, 3.05) is 36.8 Å². The quantitative estimate of drug-likeness (QED) is 0.798. The van der Waals surface area contributed by atoms with Crippen LogP contribution in [-0.2, 0) is 0 Å². The minimum atomic E-state index is -0.474. The molecule has 1 heterocycles. The summed E-state index contributed by atoms with van der Waals surface area (Å²) in [5.41, 5.74) is 13.2. The van der Waals surface area contributed by atoms with Gasteiger partial charge in [0, 0.05) is 43.1 Å². The SMILES string of the molecule is CC(C)(C)N1CCN(c2ccc(N)c(C(N)=O)c2)CC1. The highest BCUT2D eigenvalue weighted by atomic mass is 16.1. The zero-order valence-corrected chi connectivity index (χ0v) is 12.5. The van der Waals surface area contributed by atoms with Crippen molar-refractivity contribution in [2.24, 2.45) is 5.73 Å². The van der Waals surface area contributed by atoms with E-state index >= 15 is 0 Å². The van der Waals surface area contributed by atoms with Gasteiger partial charge >= 0.3 is 0 Å². The summed E-state index contributed by atoms with van der Waals surface area (Å²) in [5.74, 6) is -0.474. The number of amides is 1. The molecule has 1 saturated heterocycles. The molecule has 0 bridgehead atoms. The number of nitrogens with zero attached hydrogens (tertiary/aromatic N) is 2. The third-order valence-electron chi connectivity index (χ3n) is 3.90. The second kappa shape index (κ2) is 5.32. The molecule has 0 atom stereocenters. The van der Waals surface area contributed by atoms with Crippen molar-refractivity contribution < 1.29 is 4.79 Å². The summed E-state index contributed by atoms with van der Waals surface area (Å²) in [6.07, 6.45) is 0. The molecule has 5 heteroatoms. The molecule has 110 valence electrons. The molecule has 0 spiro atoms. The van der Waals surface area contributed by atoms with E-state index in [9.17, 15) is 4.79 Å². The van der Waals surface area contributed by atoms with E-state index in [2.05, 4.69) is 30.6 Å². The van der Waals surface area contributed by atoms with E-state index in [0.29, 0.717) is 11.3 Å². The maximum Gasteiger partial charge on any atom is 0.250 e. The van der Waals surface area contributed by atoms with Crippen molar-refractivity contribution in [3.05, 3.63) is 23.8 Å². The van der Waals surface area contributed by atoms with Gasteiger partial charge in [-0.3, -0.25) is 9.69 Å². The first-order valence-corrected chi connectivity index (χ1v) is 6.98. The first-order valence-electron chi connectivity index (χ1n) is 6.98. The lowest BCUT2D eigenvalue weighted by molar-refractivity contribution is 0.100. The van der Waals surface area contributed by atoms with Crippen LogP contribution in [0.4, 0.5) is 11.4 Å². The van der Waals surface area contributed by atoms with Gasteiger partial charge in [0.1, 0.15) is 0 Å². The number of piperazine rings is 1. The van der Waals surface area contributed by atoms with Gasteiger partial charge in [-0.1, -0.05) is 0 Å². The molecule has 5 nitrogen and oxygen atoms in total. The van der Waals surface area contributed by atoms with Gasteiger partial charge < -0.3 is 16.4 Å². The Morgan fingerprint density at radius 1 is 1.15 bits per heavy atom. The number of benzene rings is 1. The van der Waals surface area contributed by atoms with Gasteiger partial charge in [0.2, 0.25) is 0 Å². The van der Waals surface area contributed by atoms with E-state index in [1.807, 2.05) is 6.07 Å². The number of anilines is 2. The first kappa shape index (κ1) is 14.7. The summed E-state index contributed by atoms with van der Waals surface area (Å²) in [6, 6.07) is 5.50. The first-order chi connectivity index (χ1) is 9.29. The smallest absolute Gasteiger partial charge is 0.250 e. The Bertz CT molecular complexity index is 499. The molecular weight excluding hydrogens is 252 g/mol. The van der Waals surface area contributed by atoms with Crippen LogP contribution in [0.25, 0.3) is 0 Å². The summed E-state index contributed by atoms with van der Waals surface area (Å²) < 4.78 is 0. The molecule has 1 aliphatic rings. The molecule has 0 aromatic heterocycles. The van der Waals surface area contributed by atoms with Crippen LogP contribution in [0, 0.1) is 0 Å². The van der Waals surface area contributed by atoms with E-state index in [1.54, 1.807) is 12.1 Å². The Kier molecular flexibility index (Phi) is 3.90. The lowest BCUT2D eigenvalue weighted by atomic mass is 10.0. The maximum absolute atomic E-state index is 11.4. The van der Waals surface area contributed by atoms with E-state index in [-0.39, 0.29) is 5.54 Å². The van der Waals surface area contributed by atoms with E-state index in [1.165, 1.54) is 0 Å². The average Bonchev–Trinajstić information content (AvgIpc) is 2.38. The molecule has 0 unspecified atom stereocenters. The molecule has 0 saturated carbocycles. The highest BCUT2D eigenvalue weighted by Gasteiger charge is 2.26. The molecule has 1 aromatic carbocycles. The number of primary amides is 1. The molecule has 0 aliphatic carbocycles. The molecular formula is C15H24N4O. The number of carbonyl (C=O) groups excluding carboxylic acids is 1. The minimum Gasteiger partial charge on any atom is -0.398 e. The minimum absolute atomic E-state index is 0.200. The van der Waals surface area contributed by atoms with E-state index < -0.39 is 5.91 Å². The van der Waals surface area contributed by atoms with Gasteiger partial charge in [-0.05, 0) is 39.0 Å². The number of nitrogen functional groups attached to an aromatic ring is 1. The highest BCUT2D eigenvalue weighted by Crippen LogP contribution is 2.24. The average molecular weight is 276 g/mol. The summed E-state index contributed by atoms with van der Waals surface area (Å²) in [5, 5.41) is 0. The second-order valence-corrected chi connectivity index (χ2v) is 6.28. The van der Waals surface area contributed by atoms with Gasteiger partial charge in [0.05, 0.1) is 5.56 Å². The van der Waals surface area contributed by atoms with Crippen molar-refractivity contribution in [3.63, 3.8) is 0 Å². The number of hydrogen-bond acceptors (Lipinski definition) is 4.